The second-order valence-corrected chi connectivity index (χ2v) is 16.4. The number of benzene rings is 2. The van der Waals surface area contributed by atoms with Gasteiger partial charge in [0.15, 0.2) is 11.5 Å². The molecule has 0 saturated carbocycles. The van der Waals surface area contributed by atoms with Gasteiger partial charge < -0.3 is 43.9 Å². The number of rotatable bonds is 13. The number of unbranched alkanes of at least 4 members (excludes halogenated alkanes) is 2. The number of amides is 2. The first-order chi connectivity index (χ1) is 29.4. The normalized spacial score (nSPS) is 19.7. The molecule has 1 aromatic heterocycles. The van der Waals surface area contributed by atoms with E-state index in [1.807, 2.05) is 15.5 Å². The van der Waals surface area contributed by atoms with E-state index < -0.39 is 23.7 Å². The molecule has 3 aromatic rings. The summed E-state index contributed by atoms with van der Waals surface area (Å²) in [6.07, 6.45) is 8.98. The van der Waals surface area contributed by atoms with Gasteiger partial charge in [0.05, 0.1) is 27.4 Å². The third-order valence-corrected chi connectivity index (χ3v) is 12.1. The molecule has 3 N–H and O–H groups in total. The third-order valence-electron chi connectivity index (χ3n) is 12.1. The zero-order valence-electron chi connectivity index (χ0n) is 35.7. The van der Waals surface area contributed by atoms with Crippen molar-refractivity contribution < 1.29 is 48.3 Å². The summed E-state index contributed by atoms with van der Waals surface area (Å²) in [5, 5.41) is 26.6. The number of cyclic esters (lactones) is 1. The minimum Gasteiger partial charge on any atom is -0.507 e. The lowest BCUT2D eigenvalue weighted by molar-refractivity contribution is -0.134. The maximum atomic E-state index is 13.8. The third kappa shape index (κ3) is 10.8. The number of ether oxygens (including phenoxy) is 4. The lowest BCUT2D eigenvalue weighted by Crippen LogP contribution is -2.49. The molecule has 6 rings (SSSR count). The Morgan fingerprint density at radius 2 is 1.69 bits per heavy atom. The van der Waals surface area contributed by atoms with Crippen molar-refractivity contribution in [3.63, 3.8) is 0 Å². The fraction of sp³-hybridized carbons (Fsp3) is 0.511. The number of esters is 1. The van der Waals surface area contributed by atoms with Gasteiger partial charge in [-0.15, -0.1) is 0 Å². The van der Waals surface area contributed by atoms with Crippen LogP contribution in [0.3, 0.4) is 0 Å². The molecular formula is C47H59N3O11. The van der Waals surface area contributed by atoms with Crippen molar-refractivity contribution in [1.82, 2.24) is 14.8 Å². The molecule has 0 spiro atoms. The Kier molecular flexibility index (Phi) is 15.2. The maximum Gasteiger partial charge on any atom is 0.342 e. The number of ketones is 1. The number of allylic oxidation sites excluding steroid dienone is 1. The monoisotopic (exact) mass is 841 g/mol. The molecule has 328 valence electrons. The van der Waals surface area contributed by atoms with Crippen LogP contribution in [-0.2, 0) is 25.7 Å². The van der Waals surface area contributed by atoms with Crippen LogP contribution in [0.1, 0.15) is 129 Å². The molecule has 4 atom stereocenters. The molecule has 2 amide bonds. The van der Waals surface area contributed by atoms with Gasteiger partial charge in [-0.3, -0.25) is 19.2 Å². The maximum absolute atomic E-state index is 13.8. The molecule has 0 aliphatic carbocycles. The number of aromatic hydroxyl groups is 2. The molecule has 4 heterocycles. The van der Waals surface area contributed by atoms with Crippen molar-refractivity contribution in [2.75, 3.05) is 41.0 Å². The Morgan fingerprint density at radius 3 is 2.43 bits per heavy atom. The summed E-state index contributed by atoms with van der Waals surface area (Å²) in [4.78, 5) is 67.5. The van der Waals surface area contributed by atoms with Gasteiger partial charge in [-0.2, -0.15) is 0 Å². The summed E-state index contributed by atoms with van der Waals surface area (Å²) in [7, 11) is 4.37. The number of nitrogens with zero attached hydrogens (tertiary/aromatic N) is 2. The molecule has 14 nitrogen and oxygen atoms in total. The molecule has 3 aliphatic rings. The summed E-state index contributed by atoms with van der Waals surface area (Å²) in [6.45, 7) is 3.95. The molecule has 2 aromatic carbocycles. The number of likely N-dealkylation sites (tertiary alicyclic amines) is 1. The van der Waals surface area contributed by atoms with E-state index in [-0.39, 0.29) is 75.4 Å². The summed E-state index contributed by atoms with van der Waals surface area (Å²) < 4.78 is 24.4. The van der Waals surface area contributed by atoms with E-state index in [1.54, 1.807) is 43.3 Å². The van der Waals surface area contributed by atoms with Crippen LogP contribution in [0.2, 0.25) is 0 Å². The Hall–Kier alpha value is -5.79. The van der Waals surface area contributed by atoms with Crippen molar-refractivity contribution in [2.45, 2.75) is 108 Å². The highest BCUT2D eigenvalue weighted by Crippen LogP contribution is 2.48. The minimum absolute atomic E-state index is 0.0129. The van der Waals surface area contributed by atoms with Crippen LogP contribution in [0.4, 0.5) is 0 Å². The van der Waals surface area contributed by atoms with Crippen molar-refractivity contribution in [2.24, 2.45) is 5.92 Å². The van der Waals surface area contributed by atoms with E-state index in [4.69, 9.17) is 18.9 Å². The molecule has 61 heavy (non-hydrogen) atoms. The number of phenolic OH excluding ortho intramolecular Hbond substituents is 2. The smallest absolute Gasteiger partial charge is 0.342 e. The Morgan fingerprint density at radius 1 is 0.934 bits per heavy atom. The van der Waals surface area contributed by atoms with E-state index in [2.05, 4.69) is 5.32 Å². The molecule has 1 saturated heterocycles. The predicted octanol–water partition coefficient (Wildman–Crippen LogP) is 6.61. The summed E-state index contributed by atoms with van der Waals surface area (Å²) in [5.41, 5.74) is 1.49. The fourth-order valence-electron chi connectivity index (χ4n) is 9.03. The molecular weight excluding hydrogens is 783 g/mol. The number of phenols is 2. The van der Waals surface area contributed by atoms with Gasteiger partial charge in [-0.1, -0.05) is 24.6 Å². The molecule has 3 aliphatic heterocycles. The number of pyridine rings is 1. The highest BCUT2D eigenvalue weighted by Gasteiger charge is 2.36. The Labute approximate surface area is 356 Å². The number of methoxy groups -OCH3 is 3. The summed E-state index contributed by atoms with van der Waals surface area (Å²) in [6, 6.07) is 10.0. The van der Waals surface area contributed by atoms with Gasteiger partial charge in [-0.25, -0.2) is 4.79 Å². The molecule has 0 radical (unpaired) electrons. The number of carbonyl (C=O) groups is 4. The van der Waals surface area contributed by atoms with Crippen molar-refractivity contribution in [3.8, 4) is 28.7 Å². The van der Waals surface area contributed by atoms with Crippen LogP contribution in [-0.4, -0.2) is 90.3 Å². The van der Waals surface area contributed by atoms with E-state index in [9.17, 15) is 34.2 Å². The number of hydrogen-bond donors (Lipinski definition) is 3. The van der Waals surface area contributed by atoms with Crippen LogP contribution in [0, 0.1) is 5.92 Å². The van der Waals surface area contributed by atoms with Crippen LogP contribution >= 0.6 is 0 Å². The average molecular weight is 842 g/mol. The van der Waals surface area contributed by atoms with Crippen molar-refractivity contribution in [1.29, 1.82) is 0 Å². The van der Waals surface area contributed by atoms with Gasteiger partial charge in [0.2, 0.25) is 17.6 Å². The fourth-order valence-corrected chi connectivity index (χ4v) is 9.03. The quantitative estimate of drug-likeness (QED) is 0.124. The number of carbonyl (C=O) groups excluding carboxylic acids is 4. The molecule has 2 bridgehead atoms. The SMILES string of the molecule is COc1cc(C(CC(=O)NCCCCCC(=O)N2C[C@H]3C[C@@H](C2)c2cccc(=O)n2C3)c2c(O)cc3c(c2O)C(=O)O[C@@H](C)CCCC(=O)CCCC=C3)cc(OC)c1OC. The van der Waals surface area contributed by atoms with Crippen LogP contribution in [0.15, 0.2) is 47.3 Å². The van der Waals surface area contributed by atoms with Crippen LogP contribution < -0.4 is 25.1 Å². The van der Waals surface area contributed by atoms with Crippen LogP contribution in [0.5, 0.6) is 28.7 Å². The zero-order chi connectivity index (χ0) is 43.6. The molecule has 14 heteroatoms. The van der Waals surface area contributed by atoms with E-state index in [1.165, 1.54) is 27.4 Å². The van der Waals surface area contributed by atoms with E-state index in [0.29, 0.717) is 102 Å². The zero-order valence-corrected chi connectivity index (χ0v) is 35.7. The van der Waals surface area contributed by atoms with Crippen molar-refractivity contribution >= 4 is 29.6 Å². The lowest BCUT2D eigenvalue weighted by Gasteiger charge is -2.42. The average Bonchev–Trinajstić information content (AvgIpc) is 3.23. The van der Waals surface area contributed by atoms with Crippen LogP contribution in [0.25, 0.3) is 6.08 Å². The number of fused-ring (bicyclic) bond motifs is 5. The minimum atomic E-state index is -1.00. The van der Waals surface area contributed by atoms with Gasteiger partial charge in [0, 0.05) is 81.0 Å². The second-order valence-electron chi connectivity index (χ2n) is 16.4. The van der Waals surface area contributed by atoms with Gasteiger partial charge in [0.25, 0.3) is 5.56 Å². The number of Topliss-reactive ketones (excluding diaryl/α,β-unsaturated/α-hetero) is 1. The van der Waals surface area contributed by atoms with Gasteiger partial charge in [-0.05, 0) is 93.2 Å². The number of nitrogens with one attached hydrogen (secondary N) is 1. The van der Waals surface area contributed by atoms with Crippen molar-refractivity contribution in [3.05, 3.63) is 80.8 Å². The lowest BCUT2D eigenvalue weighted by atomic mass is 9.83. The van der Waals surface area contributed by atoms with E-state index in [0.717, 1.165) is 12.1 Å². The number of hydrogen-bond acceptors (Lipinski definition) is 11. The second kappa shape index (κ2) is 20.7. The first kappa shape index (κ1) is 44.8. The first-order valence-corrected chi connectivity index (χ1v) is 21.4. The number of aromatic nitrogens is 1. The van der Waals surface area contributed by atoms with Gasteiger partial charge >= 0.3 is 5.97 Å². The number of piperidine rings is 1. The first-order valence-electron chi connectivity index (χ1n) is 21.4. The predicted molar refractivity (Wildman–Crippen MR) is 229 cm³/mol. The highest BCUT2D eigenvalue weighted by atomic mass is 16.5. The molecule has 1 fully saturated rings. The van der Waals surface area contributed by atoms with E-state index >= 15 is 0 Å². The largest absolute Gasteiger partial charge is 0.507 e. The standard InChI is InChI=1S/C47H59N3O11/c1-29-13-11-16-34(51)15-8-5-7-14-31-22-37(52)44(45(56)43(31)47(57)61-29)35(32-23-38(58-2)46(60-4)39(24-32)59-3)25-40(53)48-20-10-6-9-18-41(54)49-26-30-21-33(28-49)36-17-12-19-42(55)50(36)27-30/h7,12,14,17,19,22-24,29-30,33,35,52,56H,5-6,8-11,13,15-16,18,20-21,25-28H2,1-4H3,(H,48,53)/t29-,30+,33-,35?/m0/s1. The summed E-state index contributed by atoms with van der Waals surface area (Å²) in [5.74, 6) is -1.49. The molecule has 1 unspecified atom stereocenters. The Bertz CT molecular complexity index is 2150. The Balaban J connectivity index is 1.17. The topological polar surface area (TPSA) is 183 Å². The summed E-state index contributed by atoms with van der Waals surface area (Å²) >= 11 is 0. The highest BCUT2D eigenvalue weighted by molar-refractivity contribution is 5.98. The van der Waals surface area contributed by atoms with Gasteiger partial charge in [0.1, 0.15) is 22.8 Å².